The molecule has 0 fully saturated rings. The van der Waals surface area contributed by atoms with Crippen LogP contribution in [0.15, 0.2) is 218 Å². The van der Waals surface area contributed by atoms with Crippen LogP contribution in [0.3, 0.4) is 0 Å². The maximum atomic E-state index is 6.93. The van der Waals surface area contributed by atoms with Gasteiger partial charge in [-0.2, -0.15) is 0 Å². The van der Waals surface area contributed by atoms with Crippen molar-refractivity contribution in [1.29, 1.82) is 0 Å². The molecule has 3 aromatic heterocycles. The summed E-state index contributed by atoms with van der Waals surface area (Å²) in [4.78, 5) is 30.9. The lowest BCUT2D eigenvalue weighted by Crippen LogP contribution is -2.58. The van der Waals surface area contributed by atoms with Crippen LogP contribution in [-0.4, -0.2) is 41.2 Å². The largest absolute Gasteiger partial charge is 0.458 e. The fraction of sp³-hybridized carbons (Fsp3) is 0. The van der Waals surface area contributed by atoms with E-state index in [1.807, 2.05) is 127 Å². The predicted molar refractivity (Wildman–Crippen MR) is 277 cm³/mol. The van der Waals surface area contributed by atoms with E-state index in [4.69, 9.17) is 34.6 Å². The van der Waals surface area contributed by atoms with Gasteiger partial charge in [-0.05, 0) is 70.0 Å². The molecular formula is C60H36BN7O. The molecule has 320 valence electrons. The number of benzene rings is 9. The van der Waals surface area contributed by atoms with Gasteiger partial charge >= 0.3 is 0 Å². The van der Waals surface area contributed by atoms with Crippen molar-refractivity contribution in [2.75, 3.05) is 0 Å². The molecule has 0 saturated carbocycles. The third-order valence-corrected chi connectivity index (χ3v) is 13.3. The first kappa shape index (κ1) is 38.9. The van der Waals surface area contributed by atoms with Crippen molar-refractivity contribution in [3.8, 4) is 96.6 Å². The van der Waals surface area contributed by atoms with Crippen LogP contribution in [-0.2, 0) is 0 Å². The maximum absolute atomic E-state index is 6.93. The predicted octanol–water partition coefficient (Wildman–Crippen LogP) is 11.8. The van der Waals surface area contributed by atoms with Crippen LogP contribution in [0.25, 0.3) is 107 Å². The van der Waals surface area contributed by atoms with Crippen molar-refractivity contribution in [1.82, 2.24) is 34.5 Å². The summed E-state index contributed by atoms with van der Waals surface area (Å²) in [5.41, 5.74) is 14.3. The Morgan fingerprint density at radius 1 is 0.319 bits per heavy atom. The SMILES string of the molecule is c1ccc(-c2ccc3c(c2)Oc2cccc4c2B3c2cc(-c3nc(-c5ccccc5)nc(-c5ccccc5)n3)cc3c5cc(-c6nc(-c7ccccc7)nc(-c7ccccc7)n6)ccc5n-4c23)cc1. The Labute approximate surface area is 397 Å². The summed E-state index contributed by atoms with van der Waals surface area (Å²) in [6, 6.07) is 75.1. The minimum atomic E-state index is -0.155. The molecule has 9 heteroatoms. The first-order valence-electron chi connectivity index (χ1n) is 23.1. The Morgan fingerprint density at radius 3 is 1.32 bits per heavy atom. The van der Waals surface area contributed by atoms with Crippen LogP contribution < -0.4 is 21.1 Å². The van der Waals surface area contributed by atoms with Gasteiger partial charge in [0.25, 0.3) is 6.71 Å². The second-order valence-corrected chi connectivity index (χ2v) is 17.4. The summed E-state index contributed by atoms with van der Waals surface area (Å²) in [6.07, 6.45) is 0. The molecule has 12 aromatic rings. The maximum Gasteiger partial charge on any atom is 0.256 e. The van der Waals surface area contributed by atoms with Crippen molar-refractivity contribution in [3.05, 3.63) is 218 Å². The van der Waals surface area contributed by atoms with Crippen molar-refractivity contribution < 1.29 is 4.74 Å². The van der Waals surface area contributed by atoms with Gasteiger partial charge in [0.15, 0.2) is 34.9 Å². The van der Waals surface area contributed by atoms with Gasteiger partial charge in [-0.1, -0.05) is 176 Å². The number of fused-ring (bicyclic) bond motifs is 7. The zero-order chi connectivity index (χ0) is 45.4. The quantitative estimate of drug-likeness (QED) is 0.147. The van der Waals surface area contributed by atoms with E-state index in [0.29, 0.717) is 34.9 Å². The Hall–Kier alpha value is -9.34. The molecule has 0 amide bonds. The highest BCUT2D eigenvalue weighted by molar-refractivity contribution is 6.99. The van der Waals surface area contributed by atoms with E-state index in [1.165, 1.54) is 0 Å². The molecule has 0 atom stereocenters. The third-order valence-electron chi connectivity index (χ3n) is 13.3. The molecule has 0 bridgehead atoms. The molecule has 2 aliphatic rings. The molecule has 9 aromatic carbocycles. The van der Waals surface area contributed by atoms with E-state index >= 15 is 0 Å². The van der Waals surface area contributed by atoms with Crippen molar-refractivity contribution in [3.63, 3.8) is 0 Å². The molecule has 5 heterocycles. The van der Waals surface area contributed by atoms with Crippen LogP contribution in [0.4, 0.5) is 0 Å². The average molecular weight is 882 g/mol. The van der Waals surface area contributed by atoms with Gasteiger partial charge in [0.2, 0.25) is 0 Å². The molecule has 0 spiro atoms. The van der Waals surface area contributed by atoms with Crippen molar-refractivity contribution in [2.24, 2.45) is 0 Å². The van der Waals surface area contributed by atoms with E-state index in [2.05, 4.69) is 95.6 Å². The summed E-state index contributed by atoms with van der Waals surface area (Å²) in [7, 11) is 0. The van der Waals surface area contributed by atoms with Crippen LogP contribution in [0.2, 0.25) is 0 Å². The summed E-state index contributed by atoms with van der Waals surface area (Å²) in [5.74, 6) is 5.28. The van der Waals surface area contributed by atoms with Crippen LogP contribution >= 0.6 is 0 Å². The monoisotopic (exact) mass is 881 g/mol. The summed E-state index contributed by atoms with van der Waals surface area (Å²) < 4.78 is 9.34. The highest BCUT2D eigenvalue weighted by atomic mass is 16.5. The van der Waals surface area contributed by atoms with Gasteiger partial charge in [-0.25, -0.2) is 29.9 Å². The van der Waals surface area contributed by atoms with Crippen LogP contribution in [0.1, 0.15) is 0 Å². The van der Waals surface area contributed by atoms with E-state index in [9.17, 15) is 0 Å². The number of ether oxygens (including phenoxy) is 1. The number of nitrogens with zero attached hydrogens (tertiary/aromatic N) is 7. The van der Waals surface area contributed by atoms with E-state index in [1.54, 1.807) is 0 Å². The highest BCUT2D eigenvalue weighted by Crippen LogP contribution is 2.41. The van der Waals surface area contributed by atoms with Gasteiger partial charge in [0.1, 0.15) is 11.5 Å². The lowest BCUT2D eigenvalue weighted by atomic mass is 9.34. The third kappa shape index (κ3) is 6.47. The normalized spacial score (nSPS) is 12.1. The van der Waals surface area contributed by atoms with Gasteiger partial charge in [-0.15, -0.1) is 0 Å². The van der Waals surface area contributed by atoms with Gasteiger partial charge in [0, 0.05) is 55.4 Å². The van der Waals surface area contributed by atoms with E-state index < -0.39 is 0 Å². The minimum absolute atomic E-state index is 0.155. The minimum Gasteiger partial charge on any atom is -0.458 e. The lowest BCUT2D eigenvalue weighted by molar-refractivity contribution is 0.487. The molecule has 69 heavy (non-hydrogen) atoms. The molecule has 2 aliphatic heterocycles. The smallest absolute Gasteiger partial charge is 0.256 e. The fourth-order valence-corrected chi connectivity index (χ4v) is 10.2. The number of rotatable bonds is 7. The van der Waals surface area contributed by atoms with Crippen molar-refractivity contribution >= 4 is 44.9 Å². The second-order valence-electron chi connectivity index (χ2n) is 17.4. The van der Waals surface area contributed by atoms with Gasteiger partial charge in [-0.3, -0.25) is 0 Å². The Kier molecular flexibility index (Phi) is 8.82. The first-order valence-corrected chi connectivity index (χ1v) is 23.1. The van der Waals surface area contributed by atoms with Crippen molar-refractivity contribution in [2.45, 2.75) is 0 Å². The topological polar surface area (TPSA) is 91.5 Å². The van der Waals surface area contributed by atoms with E-state index in [-0.39, 0.29) is 6.71 Å². The number of hydrogen-bond acceptors (Lipinski definition) is 7. The molecule has 0 aliphatic carbocycles. The Morgan fingerprint density at radius 2 is 0.783 bits per heavy atom. The van der Waals surface area contributed by atoms with Crippen LogP contribution in [0.5, 0.6) is 11.5 Å². The van der Waals surface area contributed by atoms with Gasteiger partial charge < -0.3 is 9.30 Å². The molecule has 0 N–H and O–H groups in total. The standard InChI is InChI=1S/C60H36BN7O/c1-6-17-37(18-7-1)42-29-31-47-52(36-42)69-51-28-16-27-50-53(51)61(47)48-35-44(60-66-57(40-23-12-4-13-24-40)63-58(67-60)41-25-14-5-15-26-41)34-46-45-33-43(30-32-49(45)68(50)54(46)48)59-64-55(38-19-8-2-9-20-38)62-56(65-59)39-21-10-3-11-22-39/h1-36H. The zero-order valence-corrected chi connectivity index (χ0v) is 36.9. The van der Waals surface area contributed by atoms with Gasteiger partial charge in [0.05, 0.1) is 5.52 Å². The molecule has 14 rings (SSSR count). The zero-order valence-electron chi connectivity index (χ0n) is 36.9. The average Bonchev–Trinajstić information content (AvgIpc) is 3.76. The molecule has 0 saturated heterocycles. The summed E-state index contributed by atoms with van der Waals surface area (Å²) in [5, 5.41) is 2.11. The molecular weight excluding hydrogens is 846 g/mol. The second kappa shape index (κ2) is 15.6. The Bertz CT molecular complexity index is 3870. The molecule has 0 unspecified atom stereocenters. The lowest BCUT2D eigenvalue weighted by Gasteiger charge is -2.33. The fourth-order valence-electron chi connectivity index (χ4n) is 10.2. The van der Waals surface area contributed by atoms with E-state index in [0.717, 1.165) is 99.9 Å². The summed E-state index contributed by atoms with van der Waals surface area (Å²) >= 11 is 0. The molecule has 8 nitrogen and oxygen atoms in total. The number of hydrogen-bond donors (Lipinski definition) is 0. The first-order chi connectivity index (χ1) is 34.2. The number of aromatic nitrogens is 7. The summed E-state index contributed by atoms with van der Waals surface area (Å²) in [6.45, 7) is -0.155. The highest BCUT2D eigenvalue weighted by Gasteiger charge is 2.41. The molecule has 0 radical (unpaired) electrons. The van der Waals surface area contributed by atoms with Crippen LogP contribution in [0, 0.1) is 0 Å². The Balaban J connectivity index is 1.05.